The highest BCUT2D eigenvalue weighted by Gasteiger charge is 2.83. The number of carbonyl (C=O) groups is 2. The predicted molar refractivity (Wildman–Crippen MR) is 222 cm³/mol. The second-order valence-corrected chi connectivity index (χ2v) is 21.0. The molecule has 0 unspecified atom stereocenters. The highest BCUT2D eigenvalue weighted by atomic mass is 19.4. The van der Waals surface area contributed by atoms with Crippen molar-refractivity contribution in [3.8, 4) is 0 Å². The summed E-state index contributed by atoms with van der Waals surface area (Å²) in [7, 11) is 1.77. The molecule has 0 radical (unpaired) electrons. The Kier molecular flexibility index (Phi) is 11.2. The van der Waals surface area contributed by atoms with Gasteiger partial charge in [0.05, 0.1) is 6.61 Å². The van der Waals surface area contributed by atoms with E-state index in [1.54, 1.807) is 12.1 Å². The smallest absolute Gasteiger partial charge is 0.432 e. The second-order valence-electron chi connectivity index (χ2n) is 21.0. The summed E-state index contributed by atoms with van der Waals surface area (Å²) in [5, 5.41) is 0. The predicted octanol–water partition coefficient (Wildman–Crippen LogP) is 11.4. The fraction of sp³-hybridized carbons (Fsp3) is 0.680. The van der Waals surface area contributed by atoms with Gasteiger partial charge in [0.25, 0.3) is 11.2 Å². The molecule has 63 heavy (non-hydrogen) atoms. The Hall–Kier alpha value is -3.42. The summed E-state index contributed by atoms with van der Waals surface area (Å²) >= 11 is 0. The average molecular weight is 889 g/mol. The van der Waals surface area contributed by atoms with Crippen LogP contribution in [0.4, 0.5) is 26.3 Å². The average Bonchev–Trinajstić information content (AvgIpc) is 3.62. The number of methoxy groups -OCH3 is 2. The standard InChI is InChI=1S/C50H62F6O7/c1-30(2)27-35-39(63-41(58)48(60-8,50(54,55)56)32-17-13-10-14-18-32)33(28-61-35)34-21-23-44(6)37-20-19-36-42(3,4)38(22-24-45(36)29-46(37,45)26-25-43(34,44)5)62-40(57)47(59-7,49(51,52)53)31-15-11-9-12-16-31/h9-18,27,33-39H,19-26,28-29H2,1-8H3/t33-,34+,35+,36-,37-,38-,39-,43+,44-,45+,46-,47-,48-/m0/s1. The van der Waals surface area contributed by atoms with Gasteiger partial charge in [0.2, 0.25) is 0 Å². The first-order valence-corrected chi connectivity index (χ1v) is 22.5. The SMILES string of the molecule is CO[C@](C(=O)O[C@H]1[C@H]([C@H]2CC[C@@]3(C)[C@@H]4CC[C@H]5C(C)(C)[C@@H](OC(=O)[C@@](OC)(c6ccccc6)C(F)(F)F)CC[C@@]56C[C@@]46CC[C@]23C)CO[C@@H]1C=C(C)C)(c1ccccc1)C(F)(F)F. The number of carbonyl (C=O) groups excluding carboxylic acids is 2. The molecule has 2 aromatic rings. The summed E-state index contributed by atoms with van der Waals surface area (Å²) < 4.78 is 119. The summed E-state index contributed by atoms with van der Waals surface area (Å²) in [6.45, 7) is 12.8. The minimum atomic E-state index is -5.12. The van der Waals surface area contributed by atoms with E-state index < -0.39 is 59.2 Å². The van der Waals surface area contributed by atoms with Crippen molar-refractivity contribution in [3.63, 3.8) is 0 Å². The van der Waals surface area contributed by atoms with Crippen molar-refractivity contribution in [3.05, 3.63) is 83.4 Å². The van der Waals surface area contributed by atoms with Crippen LogP contribution in [0, 0.1) is 50.7 Å². The molecule has 5 saturated carbocycles. The number of hydrogen-bond acceptors (Lipinski definition) is 7. The van der Waals surface area contributed by atoms with Crippen molar-refractivity contribution in [2.45, 2.75) is 141 Å². The first-order valence-electron chi connectivity index (χ1n) is 22.5. The summed E-state index contributed by atoms with van der Waals surface area (Å²) in [6.07, 6.45) is -3.37. The van der Waals surface area contributed by atoms with E-state index in [9.17, 15) is 22.8 Å². The van der Waals surface area contributed by atoms with Crippen molar-refractivity contribution >= 4 is 11.9 Å². The van der Waals surface area contributed by atoms with Gasteiger partial charge in [0, 0.05) is 36.7 Å². The maximum absolute atomic E-state index is 15.1. The first kappa shape index (κ1) is 46.1. The largest absolute Gasteiger partial charge is 0.459 e. The summed E-state index contributed by atoms with van der Waals surface area (Å²) in [6, 6.07) is 13.8. The molecule has 2 spiro atoms. The van der Waals surface area contributed by atoms with Crippen LogP contribution >= 0.6 is 0 Å². The van der Waals surface area contributed by atoms with Gasteiger partial charge in [0.1, 0.15) is 18.3 Å². The van der Waals surface area contributed by atoms with Gasteiger partial charge in [-0.3, -0.25) is 0 Å². The van der Waals surface area contributed by atoms with Crippen LogP contribution in [0.15, 0.2) is 72.3 Å². The molecule has 0 amide bonds. The van der Waals surface area contributed by atoms with Gasteiger partial charge in [-0.1, -0.05) is 100 Å². The third-order valence-electron chi connectivity index (χ3n) is 18.2. The van der Waals surface area contributed by atoms with E-state index in [4.69, 9.17) is 23.7 Å². The van der Waals surface area contributed by atoms with Crippen molar-refractivity contribution in [2.24, 2.45) is 50.7 Å². The Bertz CT molecular complexity index is 2090. The van der Waals surface area contributed by atoms with Crippen LogP contribution in [0.1, 0.15) is 110 Å². The van der Waals surface area contributed by atoms with E-state index in [0.717, 1.165) is 71.2 Å². The minimum Gasteiger partial charge on any atom is -0.459 e. The van der Waals surface area contributed by atoms with Crippen LogP contribution in [0.3, 0.4) is 0 Å². The zero-order chi connectivity index (χ0) is 45.8. The van der Waals surface area contributed by atoms with E-state index in [2.05, 4.69) is 13.8 Å². The number of allylic oxidation sites excluding steroid dienone is 1. The lowest BCUT2D eigenvalue weighted by molar-refractivity contribution is -0.282. The second kappa shape index (κ2) is 15.3. The van der Waals surface area contributed by atoms with E-state index >= 15 is 13.2 Å². The summed E-state index contributed by atoms with van der Waals surface area (Å²) in [5.74, 6) is -2.88. The minimum absolute atomic E-state index is 0.00826. The van der Waals surface area contributed by atoms with Crippen molar-refractivity contribution < 1.29 is 59.6 Å². The molecule has 13 atom stereocenters. The van der Waals surface area contributed by atoms with Crippen LogP contribution in [0.25, 0.3) is 0 Å². The van der Waals surface area contributed by atoms with Gasteiger partial charge in [0.15, 0.2) is 0 Å². The number of rotatable bonds is 10. The molecule has 0 aromatic heterocycles. The molecule has 7 nitrogen and oxygen atoms in total. The third kappa shape index (κ3) is 6.37. The van der Waals surface area contributed by atoms with Crippen LogP contribution in [-0.4, -0.2) is 63.4 Å². The zero-order valence-corrected chi connectivity index (χ0v) is 37.6. The summed E-state index contributed by atoms with van der Waals surface area (Å²) in [5.41, 5.74) is -7.45. The molecule has 0 N–H and O–H groups in total. The lowest BCUT2D eigenvalue weighted by atomic mass is 9.41. The number of hydrogen-bond donors (Lipinski definition) is 0. The fourth-order valence-corrected chi connectivity index (χ4v) is 15.1. The lowest BCUT2D eigenvalue weighted by Crippen LogP contribution is -2.59. The van der Waals surface area contributed by atoms with Crippen LogP contribution < -0.4 is 0 Å². The van der Waals surface area contributed by atoms with Crippen LogP contribution in [0.2, 0.25) is 0 Å². The number of benzene rings is 2. The monoisotopic (exact) mass is 888 g/mol. The van der Waals surface area contributed by atoms with Crippen molar-refractivity contribution in [1.29, 1.82) is 0 Å². The molecule has 6 aliphatic rings. The molecular formula is C50H62F6O7. The first-order chi connectivity index (χ1) is 29.5. The molecule has 13 heteroatoms. The maximum Gasteiger partial charge on any atom is 0.432 e. The molecule has 6 fully saturated rings. The Morgan fingerprint density at radius 2 is 1.19 bits per heavy atom. The maximum atomic E-state index is 15.1. The highest BCUT2D eigenvalue weighted by Crippen LogP contribution is 2.89. The number of halogens is 6. The molecule has 0 bridgehead atoms. The number of fused-ring (bicyclic) bond motifs is 2. The molecule has 2 aromatic carbocycles. The quantitative estimate of drug-likeness (QED) is 0.134. The van der Waals surface area contributed by atoms with E-state index in [0.29, 0.717) is 12.3 Å². The van der Waals surface area contributed by atoms with Crippen LogP contribution in [0.5, 0.6) is 0 Å². The van der Waals surface area contributed by atoms with Gasteiger partial charge in [-0.15, -0.1) is 0 Å². The van der Waals surface area contributed by atoms with E-state index in [1.807, 2.05) is 33.8 Å². The topological polar surface area (TPSA) is 80.3 Å². The van der Waals surface area contributed by atoms with Crippen LogP contribution in [-0.2, 0) is 44.5 Å². The fourth-order valence-electron chi connectivity index (χ4n) is 15.1. The number of esters is 2. The molecule has 1 saturated heterocycles. The molecule has 5 aliphatic carbocycles. The van der Waals surface area contributed by atoms with Gasteiger partial charge < -0.3 is 23.7 Å². The van der Waals surface area contributed by atoms with Gasteiger partial charge >= 0.3 is 24.3 Å². The van der Waals surface area contributed by atoms with Gasteiger partial charge in [-0.2, -0.15) is 26.3 Å². The lowest BCUT2D eigenvalue weighted by Gasteiger charge is -2.63. The normalized spacial score (nSPS) is 38.7. The van der Waals surface area contributed by atoms with E-state index in [-0.39, 0.29) is 57.1 Å². The van der Waals surface area contributed by atoms with Gasteiger partial charge in [-0.05, 0) is 111 Å². The van der Waals surface area contributed by atoms with Crippen molar-refractivity contribution in [1.82, 2.24) is 0 Å². The Morgan fingerprint density at radius 3 is 1.71 bits per heavy atom. The van der Waals surface area contributed by atoms with Crippen molar-refractivity contribution in [2.75, 3.05) is 20.8 Å². The number of ether oxygens (including phenoxy) is 5. The van der Waals surface area contributed by atoms with Gasteiger partial charge in [-0.25, -0.2) is 9.59 Å². The third-order valence-corrected chi connectivity index (χ3v) is 18.2. The molecule has 346 valence electrons. The molecule has 8 rings (SSSR count). The Balaban J connectivity index is 1.05. The Labute approximate surface area is 367 Å². The number of alkyl halides is 6. The molecule has 1 heterocycles. The Morgan fingerprint density at radius 1 is 0.667 bits per heavy atom. The van der Waals surface area contributed by atoms with E-state index in [1.165, 1.54) is 48.5 Å². The molecule has 1 aliphatic heterocycles. The zero-order valence-electron chi connectivity index (χ0n) is 37.6. The highest BCUT2D eigenvalue weighted by molar-refractivity contribution is 5.83. The molecular weight excluding hydrogens is 827 g/mol. The summed E-state index contributed by atoms with van der Waals surface area (Å²) in [4.78, 5) is 28.0.